The predicted octanol–water partition coefficient (Wildman–Crippen LogP) is 4.18. The lowest BCUT2D eigenvalue weighted by Crippen LogP contribution is -2.26. The molecule has 1 unspecified atom stereocenters. The molecule has 0 aromatic heterocycles. The number of hydrogen-bond acceptors (Lipinski definition) is 2. The van der Waals surface area contributed by atoms with Crippen LogP contribution in [0, 0.1) is 0 Å². The Morgan fingerprint density at radius 1 is 1.41 bits per heavy atom. The molecule has 1 atom stereocenters. The van der Waals surface area contributed by atoms with Gasteiger partial charge in [-0.15, -0.1) is 0 Å². The Hall–Kier alpha value is -0.0900. The second-order valence-corrected chi connectivity index (χ2v) is 5.15. The highest BCUT2D eigenvalue weighted by Gasteiger charge is 2.14. The minimum atomic E-state index is 0.162. The molecule has 0 amide bonds. The van der Waals surface area contributed by atoms with E-state index in [1.54, 1.807) is 0 Å². The van der Waals surface area contributed by atoms with Gasteiger partial charge in [0.15, 0.2) is 0 Å². The second kappa shape index (κ2) is 8.09. The van der Waals surface area contributed by atoms with Crippen LogP contribution in [0.1, 0.15) is 31.9 Å². The summed E-state index contributed by atoms with van der Waals surface area (Å²) in [5.74, 6) is 0. The molecule has 17 heavy (non-hydrogen) atoms. The number of nitrogens with one attached hydrogen (secondary N) is 1. The molecule has 1 aromatic rings. The maximum Gasteiger partial charge on any atom is 0.0661 e. The van der Waals surface area contributed by atoms with E-state index in [0.29, 0.717) is 6.61 Å². The molecule has 96 valence electrons. The highest BCUT2D eigenvalue weighted by molar-refractivity contribution is 9.10. The Labute approximate surface area is 117 Å². The van der Waals surface area contributed by atoms with Crippen LogP contribution in [0.4, 0.5) is 0 Å². The maximum absolute atomic E-state index is 6.26. The van der Waals surface area contributed by atoms with Crippen LogP contribution in [0.2, 0.25) is 5.02 Å². The van der Waals surface area contributed by atoms with Crippen molar-refractivity contribution in [1.29, 1.82) is 0 Å². The molecular weight excluding hydrogens is 302 g/mol. The van der Waals surface area contributed by atoms with Crippen molar-refractivity contribution in [1.82, 2.24) is 5.32 Å². The molecule has 0 saturated heterocycles. The van der Waals surface area contributed by atoms with E-state index in [4.69, 9.17) is 16.3 Å². The molecule has 4 heteroatoms. The number of ether oxygens (including phenoxy) is 1. The van der Waals surface area contributed by atoms with Gasteiger partial charge in [-0.3, -0.25) is 0 Å². The fourth-order valence-electron chi connectivity index (χ4n) is 1.60. The second-order valence-electron chi connectivity index (χ2n) is 3.83. The van der Waals surface area contributed by atoms with Gasteiger partial charge in [0.25, 0.3) is 0 Å². The van der Waals surface area contributed by atoms with Crippen molar-refractivity contribution < 1.29 is 4.74 Å². The smallest absolute Gasteiger partial charge is 0.0661 e. The van der Waals surface area contributed by atoms with E-state index in [1.807, 2.05) is 25.1 Å². The Bertz CT molecular complexity index is 338. The first-order valence-electron chi connectivity index (χ1n) is 5.95. The number of benzene rings is 1. The molecule has 1 N–H and O–H groups in total. The van der Waals surface area contributed by atoms with Gasteiger partial charge in [0.2, 0.25) is 0 Å². The van der Waals surface area contributed by atoms with E-state index in [2.05, 4.69) is 28.2 Å². The first-order valence-corrected chi connectivity index (χ1v) is 7.12. The first kappa shape index (κ1) is 15.0. The summed E-state index contributed by atoms with van der Waals surface area (Å²) in [7, 11) is 0. The zero-order valence-electron chi connectivity index (χ0n) is 10.3. The molecule has 2 nitrogen and oxygen atoms in total. The summed E-state index contributed by atoms with van der Waals surface area (Å²) < 4.78 is 6.50. The highest BCUT2D eigenvalue weighted by Crippen LogP contribution is 2.26. The van der Waals surface area contributed by atoms with E-state index >= 15 is 0 Å². The van der Waals surface area contributed by atoms with Gasteiger partial charge < -0.3 is 10.1 Å². The van der Waals surface area contributed by atoms with Gasteiger partial charge in [0, 0.05) is 16.1 Å². The lowest BCUT2D eigenvalue weighted by Gasteiger charge is -2.20. The average molecular weight is 321 g/mol. The Morgan fingerprint density at radius 3 is 2.76 bits per heavy atom. The van der Waals surface area contributed by atoms with Gasteiger partial charge in [0.1, 0.15) is 0 Å². The molecule has 0 fully saturated rings. The summed E-state index contributed by atoms with van der Waals surface area (Å²) in [6, 6.07) is 6.13. The molecule has 0 radical (unpaired) electrons. The van der Waals surface area contributed by atoms with Gasteiger partial charge in [-0.1, -0.05) is 40.5 Å². The number of rotatable bonds is 7. The highest BCUT2D eigenvalue weighted by atomic mass is 79.9. The molecule has 0 aliphatic rings. The zero-order valence-corrected chi connectivity index (χ0v) is 12.6. The normalized spacial score (nSPS) is 12.7. The number of hydrogen-bond donors (Lipinski definition) is 1. The van der Waals surface area contributed by atoms with Crippen molar-refractivity contribution in [3.05, 3.63) is 33.3 Å². The minimum absolute atomic E-state index is 0.162. The van der Waals surface area contributed by atoms with E-state index in [1.165, 1.54) is 0 Å². The fraction of sp³-hybridized carbons (Fsp3) is 0.538. The van der Waals surface area contributed by atoms with E-state index in [-0.39, 0.29) is 6.04 Å². The summed E-state index contributed by atoms with van der Waals surface area (Å²) in [4.78, 5) is 0. The van der Waals surface area contributed by atoms with Crippen molar-refractivity contribution in [2.75, 3.05) is 19.8 Å². The summed E-state index contributed by atoms with van der Waals surface area (Å²) >= 11 is 9.67. The first-order chi connectivity index (χ1) is 8.19. The van der Waals surface area contributed by atoms with Crippen molar-refractivity contribution >= 4 is 27.5 Å². The summed E-state index contributed by atoms with van der Waals surface area (Å²) in [6.07, 6.45) is 1.09. The SMILES string of the molecule is CCCNC(COCC)c1ccc(Br)cc1Cl. The maximum atomic E-state index is 6.26. The van der Waals surface area contributed by atoms with Crippen LogP contribution in [-0.4, -0.2) is 19.8 Å². The molecule has 0 aliphatic carbocycles. The van der Waals surface area contributed by atoms with Crippen LogP contribution in [0.3, 0.4) is 0 Å². The molecule has 1 rings (SSSR count). The van der Waals surface area contributed by atoms with Crippen LogP contribution >= 0.6 is 27.5 Å². The third kappa shape index (κ3) is 4.96. The number of halogens is 2. The van der Waals surface area contributed by atoms with Gasteiger partial charge in [-0.25, -0.2) is 0 Å². The summed E-state index contributed by atoms with van der Waals surface area (Å²) in [5.41, 5.74) is 1.09. The van der Waals surface area contributed by atoms with Crippen LogP contribution < -0.4 is 5.32 Å². The van der Waals surface area contributed by atoms with E-state index < -0.39 is 0 Å². The van der Waals surface area contributed by atoms with Gasteiger partial charge in [0.05, 0.1) is 12.6 Å². The molecule has 0 aliphatic heterocycles. The lowest BCUT2D eigenvalue weighted by molar-refractivity contribution is 0.123. The minimum Gasteiger partial charge on any atom is -0.380 e. The Balaban J connectivity index is 2.79. The molecule has 0 bridgehead atoms. The molecule has 0 spiro atoms. The van der Waals surface area contributed by atoms with Crippen molar-refractivity contribution in [2.45, 2.75) is 26.3 Å². The Morgan fingerprint density at radius 2 is 2.18 bits per heavy atom. The van der Waals surface area contributed by atoms with Crippen molar-refractivity contribution in [3.63, 3.8) is 0 Å². The molecular formula is C13H19BrClNO. The zero-order chi connectivity index (χ0) is 12.7. The molecule has 0 saturated carbocycles. The monoisotopic (exact) mass is 319 g/mol. The van der Waals surface area contributed by atoms with Gasteiger partial charge in [-0.2, -0.15) is 0 Å². The van der Waals surface area contributed by atoms with E-state index in [0.717, 1.165) is 34.6 Å². The third-order valence-corrected chi connectivity index (χ3v) is 3.29. The predicted molar refractivity (Wildman–Crippen MR) is 76.7 cm³/mol. The lowest BCUT2D eigenvalue weighted by atomic mass is 10.1. The standard InChI is InChI=1S/C13H19BrClNO/c1-3-7-16-13(9-17-4-2)11-6-5-10(14)8-12(11)15/h5-6,8,13,16H,3-4,7,9H2,1-2H3. The quantitative estimate of drug-likeness (QED) is 0.814. The van der Waals surface area contributed by atoms with Crippen molar-refractivity contribution in [2.24, 2.45) is 0 Å². The van der Waals surface area contributed by atoms with Crippen LogP contribution in [0.15, 0.2) is 22.7 Å². The van der Waals surface area contributed by atoms with Crippen LogP contribution in [0.5, 0.6) is 0 Å². The largest absolute Gasteiger partial charge is 0.380 e. The molecule has 1 aromatic carbocycles. The summed E-state index contributed by atoms with van der Waals surface area (Å²) in [5, 5.41) is 4.23. The van der Waals surface area contributed by atoms with Crippen LogP contribution in [0.25, 0.3) is 0 Å². The Kier molecular flexibility index (Phi) is 7.12. The average Bonchev–Trinajstić information content (AvgIpc) is 2.30. The van der Waals surface area contributed by atoms with Gasteiger partial charge >= 0.3 is 0 Å². The molecule has 0 heterocycles. The third-order valence-electron chi connectivity index (χ3n) is 2.47. The summed E-state index contributed by atoms with van der Waals surface area (Å²) in [6.45, 7) is 6.48. The van der Waals surface area contributed by atoms with Gasteiger partial charge in [-0.05, 0) is 37.6 Å². The topological polar surface area (TPSA) is 21.3 Å². The van der Waals surface area contributed by atoms with Crippen molar-refractivity contribution in [3.8, 4) is 0 Å². The fourth-order valence-corrected chi connectivity index (χ4v) is 2.40. The van der Waals surface area contributed by atoms with E-state index in [9.17, 15) is 0 Å². The van der Waals surface area contributed by atoms with Crippen LogP contribution in [-0.2, 0) is 4.74 Å².